The van der Waals surface area contributed by atoms with Gasteiger partial charge in [-0.25, -0.2) is 9.07 Å². The van der Waals surface area contributed by atoms with Crippen LogP contribution >= 0.6 is 15.9 Å². The third kappa shape index (κ3) is 5.26. The van der Waals surface area contributed by atoms with Crippen LogP contribution in [0.15, 0.2) is 41.1 Å². The molecule has 0 atom stereocenters. The summed E-state index contributed by atoms with van der Waals surface area (Å²) in [7, 11) is 0. The van der Waals surface area contributed by atoms with Crippen LogP contribution in [0, 0.1) is 5.82 Å². The molecular weight excluding hydrogens is 411 g/mol. The fraction of sp³-hybridized carbons (Fsp3) is 0.400. The van der Waals surface area contributed by atoms with Crippen molar-refractivity contribution in [2.45, 2.75) is 38.8 Å². The summed E-state index contributed by atoms with van der Waals surface area (Å²) in [6, 6.07) is 5.56. The number of nitrogens with zero attached hydrogens (tertiary/aromatic N) is 3. The second kappa shape index (κ2) is 8.80. The Labute approximate surface area is 167 Å². The van der Waals surface area contributed by atoms with Crippen molar-refractivity contribution in [3.05, 3.63) is 52.5 Å². The first-order valence-electron chi connectivity index (χ1n) is 9.15. The molecule has 0 radical (unpaired) electrons. The minimum atomic E-state index is -0.394. The summed E-state index contributed by atoms with van der Waals surface area (Å²) in [5.74, 6) is -0.535. The van der Waals surface area contributed by atoms with Gasteiger partial charge in [0.2, 0.25) is 5.91 Å². The summed E-state index contributed by atoms with van der Waals surface area (Å²) >= 11 is 3.30. The van der Waals surface area contributed by atoms with Gasteiger partial charge in [0.15, 0.2) is 0 Å². The zero-order valence-corrected chi connectivity index (χ0v) is 17.1. The third-order valence-electron chi connectivity index (χ3n) is 4.80. The summed E-state index contributed by atoms with van der Waals surface area (Å²) in [5, 5.41) is 7.11. The molecule has 5 nitrogen and oxygen atoms in total. The molecule has 1 aromatic heterocycles. The van der Waals surface area contributed by atoms with Gasteiger partial charge in [-0.1, -0.05) is 6.07 Å². The van der Waals surface area contributed by atoms with E-state index in [9.17, 15) is 9.18 Å². The van der Waals surface area contributed by atoms with E-state index in [-0.39, 0.29) is 11.9 Å². The van der Waals surface area contributed by atoms with Gasteiger partial charge >= 0.3 is 0 Å². The second-order valence-electron chi connectivity index (χ2n) is 7.06. The van der Waals surface area contributed by atoms with Crippen LogP contribution in [-0.2, 0) is 4.79 Å². The number of carbonyl (C=O) groups excluding carboxylic acids is 1. The largest absolute Gasteiger partial charge is 0.350 e. The Morgan fingerprint density at radius 1 is 1.37 bits per heavy atom. The van der Waals surface area contributed by atoms with Gasteiger partial charge in [-0.3, -0.25) is 4.79 Å². The summed E-state index contributed by atoms with van der Waals surface area (Å²) < 4.78 is 16.6. The zero-order chi connectivity index (χ0) is 19.4. The Hall–Kier alpha value is -1.99. The summed E-state index contributed by atoms with van der Waals surface area (Å²) in [6.45, 7) is 6.39. The molecule has 7 heteroatoms. The highest BCUT2D eigenvalue weighted by atomic mass is 79.9. The molecule has 1 aliphatic rings. The normalized spacial score (nSPS) is 16.3. The summed E-state index contributed by atoms with van der Waals surface area (Å²) in [5.41, 5.74) is 0.992. The smallest absolute Gasteiger partial charge is 0.244 e. The van der Waals surface area contributed by atoms with Gasteiger partial charge in [0.25, 0.3) is 0 Å². The van der Waals surface area contributed by atoms with Crippen molar-refractivity contribution in [2.75, 3.05) is 13.1 Å². The lowest BCUT2D eigenvalue weighted by atomic mass is 10.0. The summed E-state index contributed by atoms with van der Waals surface area (Å²) in [6.07, 6.45) is 8.30. The molecule has 1 N–H and O–H groups in total. The molecule has 27 heavy (non-hydrogen) atoms. The van der Waals surface area contributed by atoms with E-state index in [1.165, 1.54) is 16.8 Å². The van der Waals surface area contributed by atoms with Crippen LogP contribution in [0.1, 0.15) is 32.3 Å². The molecule has 0 aliphatic carbocycles. The van der Waals surface area contributed by atoms with Crippen LogP contribution in [0.4, 0.5) is 4.39 Å². The Balaban J connectivity index is 1.56. The number of likely N-dealkylation sites (tertiary alicyclic amines) is 1. The number of halogens is 2. The van der Waals surface area contributed by atoms with Gasteiger partial charge in [0.05, 0.1) is 10.7 Å². The quantitative estimate of drug-likeness (QED) is 0.728. The summed E-state index contributed by atoms with van der Waals surface area (Å²) in [4.78, 5) is 14.6. The van der Waals surface area contributed by atoms with Crippen molar-refractivity contribution in [3.63, 3.8) is 0 Å². The molecule has 0 unspecified atom stereocenters. The van der Waals surface area contributed by atoms with Crippen molar-refractivity contribution in [3.8, 4) is 5.69 Å². The van der Waals surface area contributed by atoms with Gasteiger partial charge in [-0.05, 0) is 66.4 Å². The molecule has 1 fully saturated rings. The predicted molar refractivity (Wildman–Crippen MR) is 108 cm³/mol. The first-order valence-corrected chi connectivity index (χ1v) is 9.94. The average Bonchev–Trinajstić information content (AvgIpc) is 3.06. The van der Waals surface area contributed by atoms with Gasteiger partial charge in [0.1, 0.15) is 11.5 Å². The molecule has 0 spiro atoms. The molecule has 1 aromatic carbocycles. The van der Waals surface area contributed by atoms with Crippen molar-refractivity contribution in [2.24, 2.45) is 0 Å². The van der Waals surface area contributed by atoms with E-state index in [4.69, 9.17) is 0 Å². The third-order valence-corrected chi connectivity index (χ3v) is 5.21. The number of hydrogen-bond acceptors (Lipinski definition) is 3. The van der Waals surface area contributed by atoms with E-state index in [0.717, 1.165) is 30.4 Å². The van der Waals surface area contributed by atoms with Crippen LogP contribution in [0.5, 0.6) is 0 Å². The molecule has 1 amide bonds. The standard InChI is InChI=1S/C20H24BrFN4O/c1-14(2)25-9-7-17(8-10-25)24-20(27)6-4-15-3-5-19(18(22)11-15)26-13-16(21)12-23-26/h3-6,11-14,17H,7-10H2,1-2H3,(H,24,27)/b6-4+. The number of amides is 1. The number of piperidine rings is 1. The van der Waals surface area contributed by atoms with Gasteiger partial charge in [0, 0.05) is 37.4 Å². The van der Waals surface area contributed by atoms with E-state index in [1.54, 1.807) is 30.6 Å². The maximum absolute atomic E-state index is 14.3. The van der Waals surface area contributed by atoms with Crippen LogP contribution < -0.4 is 5.32 Å². The molecule has 144 valence electrons. The number of aromatic nitrogens is 2. The molecule has 1 aliphatic heterocycles. The fourth-order valence-corrected chi connectivity index (χ4v) is 3.51. The van der Waals surface area contributed by atoms with E-state index in [0.29, 0.717) is 17.3 Å². The molecule has 2 aromatic rings. The number of rotatable bonds is 5. The lowest BCUT2D eigenvalue weighted by Gasteiger charge is -2.34. The SMILES string of the molecule is CC(C)N1CCC(NC(=O)/C=C/c2ccc(-n3cc(Br)cn3)c(F)c2)CC1. The fourth-order valence-electron chi connectivity index (χ4n) is 3.23. The first-order chi connectivity index (χ1) is 12.9. The van der Waals surface area contributed by atoms with E-state index in [1.807, 2.05) is 0 Å². The lowest BCUT2D eigenvalue weighted by molar-refractivity contribution is -0.117. The highest BCUT2D eigenvalue weighted by Crippen LogP contribution is 2.18. The lowest BCUT2D eigenvalue weighted by Crippen LogP contribution is -2.46. The van der Waals surface area contributed by atoms with E-state index in [2.05, 4.69) is 45.1 Å². The maximum atomic E-state index is 14.3. The van der Waals surface area contributed by atoms with Crippen molar-refractivity contribution >= 4 is 27.9 Å². The highest BCUT2D eigenvalue weighted by Gasteiger charge is 2.21. The zero-order valence-electron chi connectivity index (χ0n) is 15.5. The topological polar surface area (TPSA) is 50.2 Å². The highest BCUT2D eigenvalue weighted by molar-refractivity contribution is 9.10. The molecule has 2 heterocycles. The van der Waals surface area contributed by atoms with Crippen LogP contribution in [0.2, 0.25) is 0 Å². The van der Waals surface area contributed by atoms with Crippen LogP contribution in [0.25, 0.3) is 11.8 Å². The average molecular weight is 435 g/mol. The predicted octanol–water partition coefficient (Wildman–Crippen LogP) is 3.78. The van der Waals surface area contributed by atoms with Crippen LogP contribution in [-0.4, -0.2) is 45.8 Å². The molecule has 1 saturated heterocycles. The van der Waals surface area contributed by atoms with Gasteiger partial charge in [-0.15, -0.1) is 0 Å². The number of hydrogen-bond donors (Lipinski definition) is 1. The molecule has 0 saturated carbocycles. The van der Waals surface area contributed by atoms with Crippen molar-refractivity contribution in [1.82, 2.24) is 20.0 Å². The monoisotopic (exact) mass is 434 g/mol. The van der Waals surface area contributed by atoms with Crippen molar-refractivity contribution < 1.29 is 9.18 Å². The Bertz CT molecular complexity index is 825. The molecular formula is C20H24BrFN4O. The number of benzene rings is 1. The Morgan fingerprint density at radius 2 is 2.11 bits per heavy atom. The number of nitrogens with one attached hydrogen (secondary N) is 1. The van der Waals surface area contributed by atoms with Crippen LogP contribution in [0.3, 0.4) is 0 Å². The minimum absolute atomic E-state index is 0.140. The Morgan fingerprint density at radius 3 is 2.70 bits per heavy atom. The molecule has 3 rings (SSSR count). The van der Waals surface area contributed by atoms with Gasteiger partial charge in [-0.2, -0.15) is 5.10 Å². The van der Waals surface area contributed by atoms with Gasteiger partial charge < -0.3 is 10.2 Å². The first kappa shape index (κ1) is 19.8. The minimum Gasteiger partial charge on any atom is -0.350 e. The Kier molecular flexibility index (Phi) is 6.44. The number of carbonyl (C=O) groups is 1. The maximum Gasteiger partial charge on any atom is 0.244 e. The molecule has 0 bridgehead atoms. The van der Waals surface area contributed by atoms with Crippen molar-refractivity contribution in [1.29, 1.82) is 0 Å². The van der Waals surface area contributed by atoms with E-state index >= 15 is 0 Å². The van der Waals surface area contributed by atoms with E-state index < -0.39 is 5.82 Å². The second-order valence-corrected chi connectivity index (χ2v) is 7.98.